The van der Waals surface area contributed by atoms with Gasteiger partial charge in [0.25, 0.3) is 0 Å². The molecule has 1 saturated carbocycles. The Labute approximate surface area is 90.1 Å². The molecule has 1 aromatic carbocycles. The monoisotopic (exact) mass is 230 g/mol. The van der Waals surface area contributed by atoms with Gasteiger partial charge in [0.2, 0.25) is 0 Å². The molecule has 0 unspecified atom stereocenters. The van der Waals surface area contributed by atoms with Gasteiger partial charge < -0.3 is 10.2 Å². The Hall–Kier alpha value is -1.29. The number of carboxylic acids is 1. The first-order valence-electron chi connectivity index (χ1n) is 4.39. The molecule has 0 atom stereocenters. The summed E-state index contributed by atoms with van der Waals surface area (Å²) in [5.41, 5.74) is -0.687. The lowest BCUT2D eigenvalue weighted by Gasteiger charge is -2.11. The molecule has 5 heteroatoms. The van der Waals surface area contributed by atoms with Crippen molar-refractivity contribution >= 4 is 17.6 Å². The molecule has 0 spiro atoms. The lowest BCUT2D eigenvalue weighted by molar-refractivity contribution is -0.140. The van der Waals surface area contributed by atoms with Gasteiger partial charge in [-0.25, -0.2) is 4.39 Å². The fourth-order valence-corrected chi connectivity index (χ4v) is 1.80. The number of hydrogen-bond donors (Lipinski definition) is 2. The van der Waals surface area contributed by atoms with E-state index >= 15 is 0 Å². The van der Waals surface area contributed by atoms with E-state index < -0.39 is 23.0 Å². The molecule has 0 radical (unpaired) electrons. The molecule has 0 aliphatic heterocycles. The van der Waals surface area contributed by atoms with Crippen LogP contribution in [0.5, 0.6) is 5.75 Å². The van der Waals surface area contributed by atoms with Crippen molar-refractivity contribution in [2.45, 2.75) is 18.3 Å². The first kappa shape index (κ1) is 10.2. The molecular weight excluding hydrogens is 223 g/mol. The zero-order valence-corrected chi connectivity index (χ0v) is 8.38. The number of phenols is 1. The maximum Gasteiger partial charge on any atom is 0.314 e. The summed E-state index contributed by atoms with van der Waals surface area (Å²) in [7, 11) is 0. The lowest BCUT2D eigenvalue weighted by atomic mass is 9.96. The van der Waals surface area contributed by atoms with Crippen molar-refractivity contribution in [2.75, 3.05) is 0 Å². The van der Waals surface area contributed by atoms with Crippen LogP contribution in [0.1, 0.15) is 18.4 Å². The van der Waals surface area contributed by atoms with E-state index in [0.717, 1.165) is 6.07 Å². The van der Waals surface area contributed by atoms with E-state index in [1.54, 1.807) is 0 Å². The smallest absolute Gasteiger partial charge is 0.314 e. The third-order valence-electron chi connectivity index (χ3n) is 2.73. The molecule has 1 fully saturated rings. The van der Waals surface area contributed by atoms with E-state index in [-0.39, 0.29) is 5.02 Å². The van der Waals surface area contributed by atoms with Gasteiger partial charge >= 0.3 is 5.97 Å². The molecule has 1 aromatic rings. The summed E-state index contributed by atoms with van der Waals surface area (Å²) in [6.45, 7) is 0. The summed E-state index contributed by atoms with van der Waals surface area (Å²) < 4.78 is 13.1. The van der Waals surface area contributed by atoms with Crippen LogP contribution < -0.4 is 0 Å². The molecule has 1 aliphatic rings. The number of aromatic hydroxyl groups is 1. The molecular formula is C10H8ClFO3. The predicted octanol–water partition coefficient (Wildman–Crippen LogP) is 2.30. The van der Waals surface area contributed by atoms with Gasteiger partial charge in [0.15, 0.2) is 11.6 Å². The largest absolute Gasteiger partial charge is 0.504 e. The van der Waals surface area contributed by atoms with Crippen LogP contribution in [0, 0.1) is 5.82 Å². The van der Waals surface area contributed by atoms with Crippen molar-refractivity contribution in [3.8, 4) is 5.75 Å². The Kier molecular flexibility index (Phi) is 2.12. The van der Waals surface area contributed by atoms with Crippen LogP contribution in [0.3, 0.4) is 0 Å². The second-order valence-corrected chi connectivity index (χ2v) is 4.08. The van der Waals surface area contributed by atoms with Gasteiger partial charge in [-0.05, 0) is 30.5 Å². The number of carboxylic acid groups (broad SMARTS) is 1. The number of aliphatic carboxylic acids is 1. The topological polar surface area (TPSA) is 57.5 Å². The highest BCUT2D eigenvalue weighted by Crippen LogP contribution is 2.49. The molecule has 0 bridgehead atoms. The fourth-order valence-electron chi connectivity index (χ4n) is 1.59. The predicted molar refractivity (Wildman–Crippen MR) is 51.6 cm³/mol. The minimum atomic E-state index is -1.00. The average molecular weight is 231 g/mol. The first-order chi connectivity index (χ1) is 6.97. The second-order valence-electron chi connectivity index (χ2n) is 3.68. The molecule has 1 aliphatic carbocycles. The average Bonchev–Trinajstić information content (AvgIpc) is 2.93. The maximum absolute atomic E-state index is 13.1. The van der Waals surface area contributed by atoms with Crippen molar-refractivity contribution in [1.82, 2.24) is 0 Å². The highest BCUT2D eigenvalue weighted by atomic mass is 35.5. The van der Waals surface area contributed by atoms with Crippen LogP contribution in [0.15, 0.2) is 12.1 Å². The van der Waals surface area contributed by atoms with Gasteiger partial charge in [0.05, 0.1) is 10.4 Å². The molecule has 0 aromatic heterocycles. The van der Waals surface area contributed by atoms with E-state index in [0.29, 0.717) is 18.4 Å². The van der Waals surface area contributed by atoms with Gasteiger partial charge in [-0.2, -0.15) is 0 Å². The molecule has 80 valence electrons. The van der Waals surface area contributed by atoms with Crippen molar-refractivity contribution < 1.29 is 19.4 Å². The molecule has 15 heavy (non-hydrogen) atoms. The quantitative estimate of drug-likeness (QED) is 0.820. The summed E-state index contributed by atoms with van der Waals surface area (Å²) >= 11 is 5.57. The highest BCUT2D eigenvalue weighted by Gasteiger charge is 2.52. The van der Waals surface area contributed by atoms with Gasteiger partial charge in [0, 0.05) is 0 Å². The summed E-state index contributed by atoms with van der Waals surface area (Å²) in [6.07, 6.45) is 0.950. The van der Waals surface area contributed by atoms with Gasteiger partial charge in [-0.1, -0.05) is 11.6 Å². The van der Waals surface area contributed by atoms with Crippen LogP contribution in [-0.2, 0) is 10.2 Å². The van der Waals surface area contributed by atoms with E-state index in [2.05, 4.69) is 0 Å². The molecule has 0 heterocycles. The first-order valence-corrected chi connectivity index (χ1v) is 4.77. The number of carbonyl (C=O) groups is 1. The van der Waals surface area contributed by atoms with Crippen molar-refractivity contribution in [2.24, 2.45) is 0 Å². The van der Waals surface area contributed by atoms with Gasteiger partial charge in [-0.3, -0.25) is 4.79 Å². The van der Waals surface area contributed by atoms with E-state index in [1.165, 1.54) is 6.07 Å². The van der Waals surface area contributed by atoms with E-state index in [9.17, 15) is 9.18 Å². The normalized spacial score (nSPS) is 17.5. The van der Waals surface area contributed by atoms with Crippen molar-refractivity contribution in [1.29, 1.82) is 0 Å². The zero-order chi connectivity index (χ0) is 11.2. The molecule has 3 nitrogen and oxygen atoms in total. The molecule has 0 amide bonds. The summed E-state index contributed by atoms with van der Waals surface area (Å²) in [5.74, 6) is -2.50. The standard InChI is InChI=1S/C10H8ClFO3/c11-6-3-5(4-7(12)8(6)13)10(1-2-10)9(14)15/h3-4,13H,1-2H2,(H,14,15). The third kappa shape index (κ3) is 1.45. The summed E-state index contributed by atoms with van der Waals surface area (Å²) in [5, 5.41) is 17.9. The number of benzene rings is 1. The van der Waals surface area contributed by atoms with Crippen molar-refractivity contribution in [3.05, 3.63) is 28.5 Å². The van der Waals surface area contributed by atoms with Crippen LogP contribution in [0.2, 0.25) is 5.02 Å². The summed E-state index contributed by atoms with van der Waals surface area (Å²) in [4.78, 5) is 11.0. The Morgan fingerprint density at radius 3 is 2.47 bits per heavy atom. The number of halogens is 2. The van der Waals surface area contributed by atoms with Gasteiger partial charge in [0.1, 0.15) is 0 Å². The maximum atomic E-state index is 13.1. The minimum absolute atomic E-state index is 0.155. The Bertz CT molecular complexity index is 417. The Morgan fingerprint density at radius 2 is 2.07 bits per heavy atom. The number of phenolic OH excluding ortho intramolecular Hbond substituents is 1. The SMILES string of the molecule is O=C(O)C1(c2cc(F)c(O)c(Cl)c2)CC1. The zero-order valence-electron chi connectivity index (χ0n) is 7.63. The fraction of sp³-hybridized carbons (Fsp3) is 0.300. The van der Waals surface area contributed by atoms with Crippen LogP contribution in [-0.4, -0.2) is 16.2 Å². The van der Waals surface area contributed by atoms with E-state index in [1.807, 2.05) is 0 Å². The molecule has 0 saturated heterocycles. The highest BCUT2D eigenvalue weighted by molar-refractivity contribution is 6.32. The third-order valence-corrected chi connectivity index (χ3v) is 3.02. The number of rotatable bonds is 2. The molecule has 2 N–H and O–H groups in total. The van der Waals surface area contributed by atoms with Crippen molar-refractivity contribution in [3.63, 3.8) is 0 Å². The van der Waals surface area contributed by atoms with Gasteiger partial charge in [-0.15, -0.1) is 0 Å². The Morgan fingerprint density at radius 1 is 1.47 bits per heavy atom. The minimum Gasteiger partial charge on any atom is -0.504 e. The van der Waals surface area contributed by atoms with Crippen LogP contribution >= 0.6 is 11.6 Å². The summed E-state index contributed by atoms with van der Waals surface area (Å²) in [6, 6.07) is 2.34. The second kappa shape index (κ2) is 3.10. The number of hydrogen-bond acceptors (Lipinski definition) is 2. The molecule has 2 rings (SSSR count). The Balaban J connectivity index is 2.51. The lowest BCUT2D eigenvalue weighted by Crippen LogP contribution is -2.19. The van der Waals surface area contributed by atoms with Crippen LogP contribution in [0.25, 0.3) is 0 Å². The van der Waals surface area contributed by atoms with Crippen LogP contribution in [0.4, 0.5) is 4.39 Å². The van der Waals surface area contributed by atoms with E-state index in [4.69, 9.17) is 21.8 Å².